The molecule has 15 heavy (non-hydrogen) atoms. The fourth-order valence-electron chi connectivity index (χ4n) is 1.55. The Kier molecular flexibility index (Phi) is 3.14. The molecular formula is C11H12ClN3. The van der Waals surface area contributed by atoms with Gasteiger partial charge in [-0.15, -0.1) is 0 Å². The molecule has 0 saturated heterocycles. The number of para-hydroxylation sites is 1. The monoisotopic (exact) mass is 221 g/mol. The highest BCUT2D eigenvalue weighted by Gasteiger charge is 2.04. The Morgan fingerprint density at radius 2 is 2.07 bits per heavy atom. The van der Waals surface area contributed by atoms with E-state index in [-0.39, 0.29) is 0 Å². The van der Waals surface area contributed by atoms with Crippen LogP contribution in [0.2, 0.25) is 5.28 Å². The molecule has 2 aromatic rings. The molecule has 0 aliphatic carbocycles. The Morgan fingerprint density at radius 3 is 2.87 bits per heavy atom. The molecule has 0 aliphatic heterocycles. The van der Waals surface area contributed by atoms with E-state index in [4.69, 9.17) is 11.6 Å². The Bertz CT molecular complexity index is 470. The molecule has 1 aromatic carbocycles. The van der Waals surface area contributed by atoms with Crippen molar-refractivity contribution in [1.29, 1.82) is 0 Å². The molecule has 0 fully saturated rings. The molecule has 1 N–H and O–H groups in total. The summed E-state index contributed by atoms with van der Waals surface area (Å²) in [5.41, 5.74) is 1.91. The molecule has 1 aromatic heterocycles. The molecule has 0 spiro atoms. The van der Waals surface area contributed by atoms with Gasteiger partial charge in [0, 0.05) is 18.4 Å². The summed E-state index contributed by atoms with van der Waals surface area (Å²) in [4.78, 5) is 8.43. The Hall–Kier alpha value is -1.19. The average Bonchev–Trinajstić information content (AvgIpc) is 2.25. The van der Waals surface area contributed by atoms with Gasteiger partial charge in [0.05, 0.1) is 11.2 Å². The van der Waals surface area contributed by atoms with Crippen molar-refractivity contribution in [2.75, 3.05) is 13.6 Å². The topological polar surface area (TPSA) is 37.8 Å². The zero-order valence-corrected chi connectivity index (χ0v) is 9.25. The SMILES string of the molecule is CNCCc1nc(Cl)nc2ccccc12. The molecule has 1 heterocycles. The summed E-state index contributed by atoms with van der Waals surface area (Å²) >= 11 is 5.86. The van der Waals surface area contributed by atoms with Gasteiger partial charge in [0.25, 0.3) is 0 Å². The zero-order chi connectivity index (χ0) is 10.7. The van der Waals surface area contributed by atoms with Gasteiger partial charge in [-0.05, 0) is 24.7 Å². The summed E-state index contributed by atoms with van der Waals surface area (Å²) < 4.78 is 0. The Balaban J connectivity index is 2.50. The van der Waals surface area contributed by atoms with Gasteiger partial charge in [0.15, 0.2) is 0 Å². The molecule has 0 aliphatic rings. The second kappa shape index (κ2) is 4.55. The molecule has 0 bridgehead atoms. The molecule has 3 nitrogen and oxygen atoms in total. The van der Waals surface area contributed by atoms with E-state index in [0.717, 1.165) is 29.6 Å². The van der Waals surface area contributed by atoms with Gasteiger partial charge in [0.2, 0.25) is 5.28 Å². The minimum atomic E-state index is 0.319. The lowest BCUT2D eigenvalue weighted by Gasteiger charge is -2.05. The molecule has 78 valence electrons. The van der Waals surface area contributed by atoms with E-state index in [1.807, 2.05) is 31.3 Å². The van der Waals surface area contributed by atoms with E-state index >= 15 is 0 Å². The summed E-state index contributed by atoms with van der Waals surface area (Å²) in [5, 5.41) is 4.50. The maximum Gasteiger partial charge on any atom is 0.223 e. The Morgan fingerprint density at radius 1 is 1.27 bits per heavy atom. The zero-order valence-electron chi connectivity index (χ0n) is 8.50. The van der Waals surface area contributed by atoms with Crippen LogP contribution >= 0.6 is 11.6 Å². The number of hydrogen-bond acceptors (Lipinski definition) is 3. The number of benzene rings is 1. The van der Waals surface area contributed by atoms with Gasteiger partial charge in [-0.25, -0.2) is 9.97 Å². The van der Waals surface area contributed by atoms with Crippen LogP contribution in [-0.4, -0.2) is 23.6 Å². The molecule has 0 radical (unpaired) electrons. The second-order valence-electron chi connectivity index (χ2n) is 3.31. The van der Waals surface area contributed by atoms with Gasteiger partial charge >= 0.3 is 0 Å². The summed E-state index contributed by atoms with van der Waals surface area (Å²) in [6, 6.07) is 7.92. The number of likely N-dealkylation sites (N-methyl/N-ethyl adjacent to an activating group) is 1. The van der Waals surface area contributed by atoms with Crippen molar-refractivity contribution in [2.24, 2.45) is 0 Å². The summed E-state index contributed by atoms with van der Waals surface area (Å²) in [6.45, 7) is 0.886. The minimum Gasteiger partial charge on any atom is -0.319 e. The van der Waals surface area contributed by atoms with E-state index < -0.39 is 0 Å². The first-order valence-electron chi connectivity index (χ1n) is 4.87. The summed E-state index contributed by atoms with van der Waals surface area (Å²) in [7, 11) is 1.92. The van der Waals surface area contributed by atoms with E-state index in [1.165, 1.54) is 0 Å². The first-order valence-corrected chi connectivity index (χ1v) is 5.25. The first kappa shape index (κ1) is 10.3. The second-order valence-corrected chi connectivity index (χ2v) is 3.65. The fourth-order valence-corrected chi connectivity index (χ4v) is 1.74. The third-order valence-corrected chi connectivity index (χ3v) is 2.44. The lowest BCUT2D eigenvalue weighted by atomic mass is 10.1. The fraction of sp³-hybridized carbons (Fsp3) is 0.273. The maximum atomic E-state index is 5.86. The van der Waals surface area contributed by atoms with Crippen LogP contribution in [0.25, 0.3) is 10.9 Å². The number of nitrogens with zero attached hydrogens (tertiary/aromatic N) is 2. The lowest BCUT2D eigenvalue weighted by molar-refractivity contribution is 0.779. The van der Waals surface area contributed by atoms with Gasteiger partial charge in [-0.2, -0.15) is 0 Å². The van der Waals surface area contributed by atoms with E-state index in [2.05, 4.69) is 15.3 Å². The summed E-state index contributed by atoms with van der Waals surface area (Å²) in [5.74, 6) is 0. The van der Waals surface area contributed by atoms with Crippen molar-refractivity contribution < 1.29 is 0 Å². The smallest absolute Gasteiger partial charge is 0.223 e. The Labute approximate surface area is 93.5 Å². The molecule has 0 saturated carbocycles. The molecule has 0 atom stereocenters. The van der Waals surface area contributed by atoms with Gasteiger partial charge in [0.1, 0.15) is 0 Å². The number of fused-ring (bicyclic) bond motifs is 1. The van der Waals surface area contributed by atoms with Crippen molar-refractivity contribution in [1.82, 2.24) is 15.3 Å². The predicted molar refractivity (Wildman–Crippen MR) is 62.2 cm³/mol. The first-order chi connectivity index (χ1) is 7.31. The van der Waals surface area contributed by atoms with Crippen LogP contribution in [-0.2, 0) is 6.42 Å². The lowest BCUT2D eigenvalue weighted by Crippen LogP contribution is -2.11. The molecule has 4 heteroatoms. The van der Waals surface area contributed by atoms with Crippen molar-refractivity contribution >= 4 is 22.5 Å². The third kappa shape index (κ3) is 2.25. The molecular weight excluding hydrogens is 210 g/mol. The number of nitrogens with one attached hydrogen (secondary N) is 1. The van der Waals surface area contributed by atoms with Crippen LogP contribution in [0.3, 0.4) is 0 Å². The van der Waals surface area contributed by atoms with Gasteiger partial charge in [-0.1, -0.05) is 18.2 Å². The number of hydrogen-bond donors (Lipinski definition) is 1. The highest BCUT2D eigenvalue weighted by atomic mass is 35.5. The molecule has 0 unspecified atom stereocenters. The number of rotatable bonds is 3. The molecule has 2 rings (SSSR count). The number of halogens is 1. The van der Waals surface area contributed by atoms with E-state index in [0.29, 0.717) is 5.28 Å². The quantitative estimate of drug-likeness (QED) is 0.807. The van der Waals surface area contributed by atoms with Crippen LogP contribution in [0.5, 0.6) is 0 Å². The van der Waals surface area contributed by atoms with Gasteiger partial charge in [-0.3, -0.25) is 0 Å². The number of aromatic nitrogens is 2. The van der Waals surface area contributed by atoms with Crippen LogP contribution in [0.4, 0.5) is 0 Å². The van der Waals surface area contributed by atoms with Gasteiger partial charge < -0.3 is 5.32 Å². The van der Waals surface area contributed by atoms with E-state index in [9.17, 15) is 0 Å². The summed E-state index contributed by atoms with van der Waals surface area (Å²) in [6.07, 6.45) is 0.860. The van der Waals surface area contributed by atoms with Crippen molar-refractivity contribution in [2.45, 2.75) is 6.42 Å². The van der Waals surface area contributed by atoms with Crippen molar-refractivity contribution in [3.05, 3.63) is 35.2 Å². The average molecular weight is 222 g/mol. The standard InChI is InChI=1S/C11H12ClN3/c1-13-7-6-10-8-4-2-3-5-9(8)14-11(12)15-10/h2-5,13H,6-7H2,1H3. The predicted octanol–water partition coefficient (Wildman–Crippen LogP) is 2.05. The van der Waals surface area contributed by atoms with E-state index in [1.54, 1.807) is 0 Å². The van der Waals surface area contributed by atoms with Crippen LogP contribution in [0.15, 0.2) is 24.3 Å². The highest BCUT2D eigenvalue weighted by molar-refractivity contribution is 6.28. The normalized spacial score (nSPS) is 10.8. The van der Waals surface area contributed by atoms with Crippen LogP contribution < -0.4 is 5.32 Å². The maximum absolute atomic E-state index is 5.86. The highest BCUT2D eigenvalue weighted by Crippen LogP contribution is 2.17. The van der Waals surface area contributed by atoms with Crippen LogP contribution in [0, 0.1) is 0 Å². The van der Waals surface area contributed by atoms with Crippen molar-refractivity contribution in [3.63, 3.8) is 0 Å². The largest absolute Gasteiger partial charge is 0.319 e. The minimum absolute atomic E-state index is 0.319. The molecule has 0 amide bonds. The third-order valence-electron chi connectivity index (χ3n) is 2.27. The van der Waals surface area contributed by atoms with Crippen molar-refractivity contribution in [3.8, 4) is 0 Å². The van der Waals surface area contributed by atoms with Crippen LogP contribution in [0.1, 0.15) is 5.69 Å².